The second-order valence-electron chi connectivity index (χ2n) is 6.84. The van der Waals surface area contributed by atoms with Crippen LogP contribution in [0.1, 0.15) is 42.6 Å². The summed E-state index contributed by atoms with van der Waals surface area (Å²) >= 11 is 3.48. The van der Waals surface area contributed by atoms with Crippen LogP contribution in [0.15, 0.2) is 10.9 Å². The van der Waals surface area contributed by atoms with Crippen molar-refractivity contribution in [2.24, 2.45) is 5.92 Å². The van der Waals surface area contributed by atoms with Gasteiger partial charge in [-0.3, -0.25) is 4.79 Å². The number of rotatable bonds is 4. The molecular weight excluding hydrogens is 316 g/mol. The van der Waals surface area contributed by atoms with Gasteiger partial charge < -0.3 is 9.64 Å². The molecule has 1 aliphatic carbocycles. The van der Waals surface area contributed by atoms with E-state index in [0.29, 0.717) is 11.8 Å². The second kappa shape index (κ2) is 6.13. The smallest absolute Gasteiger partial charge is 0.273 e. The molecule has 1 aromatic heterocycles. The highest BCUT2D eigenvalue weighted by atomic mass is 32.2. The van der Waals surface area contributed by atoms with Crippen molar-refractivity contribution in [1.29, 1.82) is 0 Å². The van der Waals surface area contributed by atoms with Crippen LogP contribution in [0.4, 0.5) is 0 Å². The molecule has 3 heterocycles. The molecule has 0 unspecified atom stereocenters. The van der Waals surface area contributed by atoms with E-state index in [0.717, 1.165) is 37.8 Å². The molecule has 0 bridgehead atoms. The lowest BCUT2D eigenvalue weighted by Crippen LogP contribution is -2.60. The van der Waals surface area contributed by atoms with Crippen molar-refractivity contribution in [2.45, 2.75) is 43.0 Å². The molecule has 6 heteroatoms. The van der Waals surface area contributed by atoms with Crippen LogP contribution in [-0.4, -0.2) is 52.1 Å². The van der Waals surface area contributed by atoms with Crippen molar-refractivity contribution < 1.29 is 9.53 Å². The molecule has 1 spiro atoms. The third-order valence-electron chi connectivity index (χ3n) is 5.11. The zero-order valence-corrected chi connectivity index (χ0v) is 14.3. The summed E-state index contributed by atoms with van der Waals surface area (Å²) in [6, 6.07) is 0. The first-order valence-corrected chi connectivity index (χ1v) is 10.1. The molecular formula is C16H22N2O2S2. The lowest BCUT2D eigenvalue weighted by atomic mass is 9.92. The highest BCUT2D eigenvalue weighted by Gasteiger charge is 2.51. The molecule has 0 radical (unpaired) electrons. The first kappa shape index (κ1) is 15.0. The van der Waals surface area contributed by atoms with E-state index in [1.807, 2.05) is 22.0 Å². The van der Waals surface area contributed by atoms with E-state index in [1.54, 1.807) is 5.51 Å². The maximum absolute atomic E-state index is 12.2. The number of thiazole rings is 1. The average Bonchev–Trinajstić information content (AvgIpc) is 3.21. The van der Waals surface area contributed by atoms with Crippen molar-refractivity contribution in [3.63, 3.8) is 0 Å². The summed E-state index contributed by atoms with van der Waals surface area (Å²) < 4.78 is 6.41. The summed E-state index contributed by atoms with van der Waals surface area (Å²) in [6.45, 7) is 2.66. The van der Waals surface area contributed by atoms with Gasteiger partial charge in [-0.1, -0.05) is 12.8 Å². The number of hydrogen-bond donors (Lipinski definition) is 0. The predicted molar refractivity (Wildman–Crippen MR) is 89.5 cm³/mol. The fourth-order valence-electron chi connectivity index (χ4n) is 3.85. The van der Waals surface area contributed by atoms with E-state index in [1.165, 1.54) is 37.0 Å². The Balaban J connectivity index is 1.24. The summed E-state index contributed by atoms with van der Waals surface area (Å²) in [4.78, 5) is 18.3. The lowest BCUT2D eigenvalue weighted by Gasteiger charge is -2.47. The minimum absolute atomic E-state index is 0.0859. The van der Waals surface area contributed by atoms with Crippen molar-refractivity contribution in [2.75, 3.05) is 25.4 Å². The second-order valence-corrected chi connectivity index (χ2v) is 9.05. The Bertz CT molecular complexity index is 522. The Kier molecular flexibility index (Phi) is 4.17. The number of likely N-dealkylation sites (tertiary alicyclic amines) is 1. The fraction of sp³-hybridized carbons (Fsp3) is 0.750. The van der Waals surface area contributed by atoms with Crippen LogP contribution in [0.3, 0.4) is 0 Å². The molecule has 1 aromatic rings. The van der Waals surface area contributed by atoms with E-state index in [4.69, 9.17) is 4.74 Å². The first-order valence-electron chi connectivity index (χ1n) is 8.17. The molecule has 1 saturated carbocycles. The highest BCUT2D eigenvalue weighted by molar-refractivity contribution is 8.01. The third-order valence-corrected chi connectivity index (χ3v) is 7.28. The van der Waals surface area contributed by atoms with E-state index < -0.39 is 0 Å². The minimum atomic E-state index is 0.0859. The van der Waals surface area contributed by atoms with Gasteiger partial charge in [0.2, 0.25) is 0 Å². The maximum Gasteiger partial charge on any atom is 0.273 e. The fourth-order valence-corrected chi connectivity index (χ4v) is 5.93. The molecule has 1 amide bonds. The van der Waals surface area contributed by atoms with Crippen LogP contribution < -0.4 is 0 Å². The van der Waals surface area contributed by atoms with Crippen molar-refractivity contribution in [1.82, 2.24) is 9.88 Å². The van der Waals surface area contributed by atoms with Crippen LogP contribution in [0.5, 0.6) is 0 Å². The minimum Gasteiger partial charge on any atom is -0.377 e. The molecule has 1 atom stereocenters. The van der Waals surface area contributed by atoms with E-state index in [-0.39, 0.29) is 10.7 Å². The molecule has 2 aliphatic heterocycles. The van der Waals surface area contributed by atoms with Gasteiger partial charge in [-0.15, -0.1) is 23.1 Å². The largest absolute Gasteiger partial charge is 0.377 e. The molecule has 4 nitrogen and oxygen atoms in total. The topological polar surface area (TPSA) is 42.4 Å². The van der Waals surface area contributed by atoms with E-state index >= 15 is 0 Å². The van der Waals surface area contributed by atoms with Crippen molar-refractivity contribution in [3.05, 3.63) is 16.6 Å². The van der Waals surface area contributed by atoms with E-state index in [2.05, 4.69) is 4.98 Å². The Hall–Kier alpha value is -0.590. The maximum atomic E-state index is 12.2. The first-order chi connectivity index (χ1) is 10.7. The van der Waals surface area contributed by atoms with Gasteiger partial charge in [0.05, 0.1) is 16.4 Å². The molecule has 0 N–H and O–H groups in total. The highest BCUT2D eigenvalue weighted by Crippen LogP contribution is 2.46. The average molecular weight is 338 g/mol. The molecule has 22 heavy (non-hydrogen) atoms. The molecule has 3 fully saturated rings. The van der Waals surface area contributed by atoms with Gasteiger partial charge in [0, 0.05) is 30.8 Å². The number of carbonyl (C=O) groups excluding carboxylic acids is 1. The van der Waals surface area contributed by atoms with Gasteiger partial charge in [-0.05, 0) is 25.2 Å². The summed E-state index contributed by atoms with van der Waals surface area (Å²) in [5.41, 5.74) is 2.32. The van der Waals surface area contributed by atoms with Crippen molar-refractivity contribution in [3.8, 4) is 0 Å². The lowest BCUT2D eigenvalue weighted by molar-refractivity contribution is 0.0196. The number of thioether (sulfide) groups is 1. The van der Waals surface area contributed by atoms with Crippen LogP contribution in [0, 0.1) is 5.92 Å². The van der Waals surface area contributed by atoms with Gasteiger partial charge in [0.15, 0.2) is 0 Å². The summed E-state index contributed by atoms with van der Waals surface area (Å²) in [6.07, 6.45) is 6.95. The molecule has 0 aromatic carbocycles. The van der Waals surface area contributed by atoms with Gasteiger partial charge in [0.1, 0.15) is 5.69 Å². The van der Waals surface area contributed by atoms with Crippen LogP contribution in [-0.2, 0) is 4.74 Å². The SMILES string of the molecule is O=C(c1cscn1)N1CC2(C[C@@H](OCC3CCCC3)CS2)C1. The Morgan fingerprint density at radius 1 is 1.41 bits per heavy atom. The number of ether oxygens (including phenoxy) is 1. The van der Waals surface area contributed by atoms with Gasteiger partial charge in [-0.25, -0.2) is 4.98 Å². The number of carbonyl (C=O) groups is 1. The Morgan fingerprint density at radius 2 is 2.23 bits per heavy atom. The van der Waals surface area contributed by atoms with Gasteiger partial charge in [-0.2, -0.15) is 0 Å². The number of nitrogens with zero attached hydrogens (tertiary/aromatic N) is 2. The summed E-state index contributed by atoms with van der Waals surface area (Å²) in [7, 11) is 0. The molecule has 4 rings (SSSR count). The van der Waals surface area contributed by atoms with Crippen LogP contribution in [0.25, 0.3) is 0 Å². The molecule has 120 valence electrons. The normalized spacial score (nSPS) is 27.5. The predicted octanol–water partition coefficient (Wildman–Crippen LogP) is 3.05. The standard InChI is InChI=1S/C16H22N2O2S2/c19-15(14-8-21-11-17-14)18-9-16(10-18)5-13(7-22-16)20-6-12-3-1-2-4-12/h8,11-13H,1-7,9-10H2/t13-/m1/s1. The molecule has 2 saturated heterocycles. The van der Waals surface area contributed by atoms with Gasteiger partial charge >= 0.3 is 0 Å². The zero-order chi connectivity index (χ0) is 15.0. The monoisotopic (exact) mass is 338 g/mol. The number of amides is 1. The Labute approximate surface area is 139 Å². The van der Waals surface area contributed by atoms with Crippen LogP contribution >= 0.6 is 23.1 Å². The van der Waals surface area contributed by atoms with Crippen LogP contribution in [0.2, 0.25) is 0 Å². The summed E-state index contributed by atoms with van der Waals surface area (Å²) in [5, 5.41) is 1.84. The third kappa shape index (κ3) is 2.93. The number of hydrogen-bond acceptors (Lipinski definition) is 5. The number of aromatic nitrogens is 1. The quantitative estimate of drug-likeness (QED) is 0.846. The summed E-state index contributed by atoms with van der Waals surface area (Å²) in [5.74, 6) is 1.97. The molecule has 3 aliphatic rings. The van der Waals surface area contributed by atoms with Crippen molar-refractivity contribution >= 4 is 29.0 Å². The van der Waals surface area contributed by atoms with Gasteiger partial charge in [0.25, 0.3) is 5.91 Å². The Morgan fingerprint density at radius 3 is 2.95 bits per heavy atom. The zero-order valence-electron chi connectivity index (χ0n) is 12.7. The van der Waals surface area contributed by atoms with E-state index in [9.17, 15) is 4.79 Å².